The normalized spacial score (nSPS) is 30.3. The lowest BCUT2D eigenvalue weighted by Gasteiger charge is -2.17. The lowest BCUT2D eigenvalue weighted by Crippen LogP contribution is -2.31. The summed E-state index contributed by atoms with van der Waals surface area (Å²) in [5.41, 5.74) is 1.02. The van der Waals surface area contributed by atoms with Crippen LogP contribution in [0.25, 0.3) is 0 Å². The van der Waals surface area contributed by atoms with Gasteiger partial charge in [-0.2, -0.15) is 4.31 Å². The average molecular weight is 295 g/mol. The molecule has 0 N–H and O–H groups in total. The highest BCUT2D eigenvalue weighted by molar-refractivity contribution is 7.89. The lowest BCUT2D eigenvalue weighted by atomic mass is 9.95. The Balaban J connectivity index is 1.84. The number of sulfonamides is 1. The molecule has 0 unspecified atom stereocenters. The second kappa shape index (κ2) is 4.56. The van der Waals surface area contributed by atoms with Crippen LogP contribution in [0.4, 0.5) is 0 Å². The first-order valence-corrected chi connectivity index (χ1v) is 8.11. The third-order valence-corrected chi connectivity index (χ3v) is 6.06. The maximum Gasteiger partial charge on any atom is 0.309 e. The molecule has 0 amide bonds. The summed E-state index contributed by atoms with van der Waals surface area (Å²) in [6, 6.07) is 6.81. The maximum absolute atomic E-state index is 12.6. The monoisotopic (exact) mass is 295 g/mol. The summed E-state index contributed by atoms with van der Waals surface area (Å²) in [5, 5.41) is 0. The van der Waals surface area contributed by atoms with Crippen molar-refractivity contribution in [3.05, 3.63) is 29.8 Å². The molecule has 20 heavy (non-hydrogen) atoms. The van der Waals surface area contributed by atoms with Gasteiger partial charge in [-0.3, -0.25) is 4.79 Å². The molecule has 1 aromatic rings. The number of nitrogens with zero attached hydrogens (tertiary/aromatic N) is 1. The van der Waals surface area contributed by atoms with Crippen LogP contribution >= 0.6 is 0 Å². The topological polar surface area (TPSA) is 63.7 Å². The fourth-order valence-corrected chi connectivity index (χ4v) is 4.34. The Hall–Kier alpha value is -1.40. The van der Waals surface area contributed by atoms with E-state index in [1.165, 1.54) is 4.31 Å². The number of aryl methyl sites for hydroxylation is 1. The van der Waals surface area contributed by atoms with Gasteiger partial charge in [0.25, 0.3) is 0 Å². The van der Waals surface area contributed by atoms with E-state index in [-0.39, 0.29) is 30.5 Å². The van der Waals surface area contributed by atoms with Gasteiger partial charge in [0.05, 0.1) is 17.4 Å². The molecule has 0 saturated carbocycles. The smallest absolute Gasteiger partial charge is 0.309 e. The van der Waals surface area contributed by atoms with E-state index in [1.807, 2.05) is 6.92 Å². The molecule has 2 saturated heterocycles. The maximum atomic E-state index is 12.6. The first kappa shape index (κ1) is 13.6. The Morgan fingerprint density at radius 3 is 2.45 bits per heavy atom. The molecule has 1 aromatic carbocycles. The van der Waals surface area contributed by atoms with Crippen LogP contribution in [0, 0.1) is 18.8 Å². The van der Waals surface area contributed by atoms with Crippen LogP contribution in [0.1, 0.15) is 12.5 Å². The van der Waals surface area contributed by atoms with Crippen molar-refractivity contribution in [2.24, 2.45) is 11.8 Å². The predicted octanol–water partition coefficient (Wildman–Crippen LogP) is 1.18. The Morgan fingerprint density at radius 1 is 1.20 bits per heavy atom. The van der Waals surface area contributed by atoms with Gasteiger partial charge in [0.15, 0.2) is 0 Å². The molecule has 3 rings (SSSR count). The van der Waals surface area contributed by atoms with Crippen molar-refractivity contribution in [1.29, 1.82) is 0 Å². The summed E-state index contributed by atoms with van der Waals surface area (Å²) in [5.74, 6) is -0.465. The van der Waals surface area contributed by atoms with Gasteiger partial charge >= 0.3 is 5.97 Å². The van der Waals surface area contributed by atoms with Gasteiger partial charge in [-0.25, -0.2) is 8.42 Å². The van der Waals surface area contributed by atoms with Gasteiger partial charge in [0.2, 0.25) is 10.0 Å². The Labute approximate surface area is 118 Å². The number of hydrogen-bond acceptors (Lipinski definition) is 4. The predicted molar refractivity (Wildman–Crippen MR) is 72.5 cm³/mol. The number of fused-ring (bicyclic) bond motifs is 1. The van der Waals surface area contributed by atoms with E-state index in [0.717, 1.165) is 5.56 Å². The molecule has 108 valence electrons. The first-order valence-electron chi connectivity index (χ1n) is 6.67. The second-order valence-electron chi connectivity index (χ2n) is 5.56. The zero-order valence-electron chi connectivity index (χ0n) is 11.4. The molecule has 2 fully saturated rings. The van der Waals surface area contributed by atoms with Crippen molar-refractivity contribution >= 4 is 16.0 Å². The number of carbonyl (C=O) groups excluding carboxylic acids is 1. The summed E-state index contributed by atoms with van der Waals surface area (Å²) in [7, 11) is -3.50. The quantitative estimate of drug-likeness (QED) is 0.769. The summed E-state index contributed by atoms with van der Waals surface area (Å²) >= 11 is 0. The largest absolute Gasteiger partial charge is 0.460 e. The molecule has 3 atom stereocenters. The Bertz CT molecular complexity index is 638. The number of carbonyl (C=O) groups is 1. The molecule has 0 bridgehead atoms. The van der Waals surface area contributed by atoms with Crippen LogP contribution in [0.2, 0.25) is 0 Å². The van der Waals surface area contributed by atoms with Crippen LogP contribution in [0.15, 0.2) is 29.2 Å². The second-order valence-corrected chi connectivity index (χ2v) is 7.50. The minimum atomic E-state index is -3.50. The number of benzene rings is 1. The Morgan fingerprint density at radius 2 is 1.85 bits per heavy atom. The van der Waals surface area contributed by atoms with Crippen molar-refractivity contribution < 1.29 is 17.9 Å². The van der Waals surface area contributed by atoms with Gasteiger partial charge < -0.3 is 4.74 Å². The van der Waals surface area contributed by atoms with Crippen molar-refractivity contribution in [2.45, 2.75) is 24.8 Å². The average Bonchev–Trinajstić information content (AvgIpc) is 2.92. The summed E-state index contributed by atoms with van der Waals surface area (Å²) in [4.78, 5) is 11.8. The standard InChI is InChI=1S/C14H17NO4S/c1-9-3-5-11(6-4-9)20(17,18)15-7-12-10(2)14(16)19-13(12)8-15/h3-6,10,12-13H,7-8H2,1-2H3/t10-,12-,13-/m1/s1. The highest BCUT2D eigenvalue weighted by Gasteiger charge is 2.50. The third-order valence-electron chi connectivity index (χ3n) is 4.22. The van der Waals surface area contributed by atoms with Gasteiger partial charge in [-0.1, -0.05) is 24.6 Å². The van der Waals surface area contributed by atoms with Crippen LogP contribution in [-0.2, 0) is 19.6 Å². The van der Waals surface area contributed by atoms with E-state index in [2.05, 4.69) is 0 Å². The first-order chi connectivity index (χ1) is 9.39. The van der Waals surface area contributed by atoms with Gasteiger partial charge in [0.1, 0.15) is 6.10 Å². The number of hydrogen-bond donors (Lipinski definition) is 0. The molecule has 5 nitrogen and oxygen atoms in total. The molecule has 2 aliphatic heterocycles. The van der Waals surface area contributed by atoms with Gasteiger partial charge in [0, 0.05) is 12.5 Å². The molecule has 0 spiro atoms. The van der Waals surface area contributed by atoms with Crippen LogP contribution in [0.5, 0.6) is 0 Å². The Kier molecular flexibility index (Phi) is 3.10. The molecular formula is C14H17NO4S. The van der Waals surface area contributed by atoms with Crippen LogP contribution < -0.4 is 0 Å². The van der Waals surface area contributed by atoms with Crippen LogP contribution in [-0.4, -0.2) is 37.9 Å². The fourth-order valence-electron chi connectivity index (χ4n) is 2.85. The highest BCUT2D eigenvalue weighted by Crippen LogP contribution is 2.36. The number of rotatable bonds is 2. The van der Waals surface area contributed by atoms with Crippen molar-refractivity contribution in [1.82, 2.24) is 4.31 Å². The van der Waals surface area contributed by atoms with E-state index in [1.54, 1.807) is 31.2 Å². The lowest BCUT2D eigenvalue weighted by molar-refractivity contribution is -0.144. The molecule has 0 radical (unpaired) electrons. The molecule has 2 aliphatic rings. The highest BCUT2D eigenvalue weighted by atomic mass is 32.2. The molecular weight excluding hydrogens is 278 g/mol. The summed E-state index contributed by atoms with van der Waals surface area (Å²) in [6.07, 6.45) is -0.294. The fraction of sp³-hybridized carbons (Fsp3) is 0.500. The van der Waals surface area contributed by atoms with Crippen molar-refractivity contribution in [2.75, 3.05) is 13.1 Å². The minimum Gasteiger partial charge on any atom is -0.460 e. The van der Waals surface area contributed by atoms with E-state index >= 15 is 0 Å². The van der Waals surface area contributed by atoms with E-state index in [0.29, 0.717) is 11.4 Å². The van der Waals surface area contributed by atoms with E-state index < -0.39 is 10.0 Å². The minimum absolute atomic E-state index is 0.0253. The molecule has 0 aromatic heterocycles. The van der Waals surface area contributed by atoms with Crippen LogP contribution in [0.3, 0.4) is 0 Å². The van der Waals surface area contributed by atoms with Gasteiger partial charge in [-0.15, -0.1) is 0 Å². The van der Waals surface area contributed by atoms with Gasteiger partial charge in [-0.05, 0) is 19.1 Å². The number of ether oxygens (including phenoxy) is 1. The SMILES string of the molecule is Cc1ccc(S(=O)(=O)N2C[C@H]3[C@@H](C2)OC(=O)[C@@H]3C)cc1. The summed E-state index contributed by atoms with van der Waals surface area (Å²) < 4.78 is 31.8. The third kappa shape index (κ3) is 2.03. The molecule has 2 heterocycles. The summed E-state index contributed by atoms with van der Waals surface area (Å²) in [6.45, 7) is 4.33. The van der Waals surface area contributed by atoms with E-state index in [4.69, 9.17) is 4.74 Å². The van der Waals surface area contributed by atoms with Crippen molar-refractivity contribution in [3.8, 4) is 0 Å². The number of esters is 1. The van der Waals surface area contributed by atoms with Crippen molar-refractivity contribution in [3.63, 3.8) is 0 Å². The zero-order chi connectivity index (χ0) is 14.5. The zero-order valence-corrected chi connectivity index (χ0v) is 12.3. The van der Waals surface area contributed by atoms with E-state index in [9.17, 15) is 13.2 Å². The molecule has 6 heteroatoms. The molecule has 0 aliphatic carbocycles.